The number of aliphatic hydroxyl groups excluding tert-OH is 1. The van der Waals surface area contributed by atoms with Crippen molar-refractivity contribution in [2.45, 2.75) is 39.3 Å². The molecule has 0 saturated heterocycles. The molecule has 7 heteroatoms. The van der Waals surface area contributed by atoms with Crippen LogP contribution in [-0.4, -0.2) is 35.6 Å². The average Bonchev–Trinajstić information content (AvgIpc) is 2.43. The highest BCUT2D eigenvalue weighted by Crippen LogP contribution is 2.13. The Morgan fingerprint density at radius 1 is 1.17 bits per heavy atom. The molecule has 2 amide bonds. The van der Waals surface area contributed by atoms with E-state index in [9.17, 15) is 18.4 Å². The summed E-state index contributed by atoms with van der Waals surface area (Å²) in [5, 5.41) is 14.1. The first-order valence-electron chi connectivity index (χ1n) is 7.44. The Bertz CT molecular complexity index is 542. The third-order valence-electron chi connectivity index (χ3n) is 3.29. The third-order valence-corrected chi connectivity index (χ3v) is 3.29. The molecule has 1 aromatic rings. The quantitative estimate of drug-likeness (QED) is 0.711. The van der Waals surface area contributed by atoms with Gasteiger partial charge in [-0.3, -0.25) is 9.59 Å². The Kier molecular flexibility index (Phi) is 7.09. The lowest BCUT2D eigenvalue weighted by Crippen LogP contribution is -2.50. The maximum absolute atomic E-state index is 13.6. The van der Waals surface area contributed by atoms with Crippen LogP contribution in [0.5, 0.6) is 0 Å². The van der Waals surface area contributed by atoms with Crippen LogP contribution in [-0.2, 0) is 4.79 Å². The van der Waals surface area contributed by atoms with Gasteiger partial charge in [0.2, 0.25) is 5.91 Å². The lowest BCUT2D eigenvalue weighted by molar-refractivity contribution is -0.124. The van der Waals surface area contributed by atoms with Crippen molar-refractivity contribution < 1.29 is 23.5 Å². The van der Waals surface area contributed by atoms with Crippen molar-refractivity contribution in [3.05, 3.63) is 35.4 Å². The fraction of sp³-hybridized carbons (Fsp3) is 0.500. The molecular formula is C16H22F2N2O3. The van der Waals surface area contributed by atoms with Gasteiger partial charge in [-0.1, -0.05) is 19.9 Å². The van der Waals surface area contributed by atoms with Gasteiger partial charge in [-0.2, -0.15) is 0 Å². The number of hydrogen-bond donors (Lipinski definition) is 3. The van der Waals surface area contributed by atoms with Crippen molar-refractivity contribution >= 4 is 11.8 Å². The van der Waals surface area contributed by atoms with E-state index >= 15 is 0 Å². The number of halogens is 2. The number of amides is 2. The highest BCUT2D eigenvalue weighted by Gasteiger charge is 2.27. The summed E-state index contributed by atoms with van der Waals surface area (Å²) < 4.78 is 27.2. The topological polar surface area (TPSA) is 78.4 Å². The molecule has 0 aliphatic heterocycles. The molecule has 0 aromatic heterocycles. The maximum Gasteiger partial charge on any atom is 0.257 e. The molecule has 2 atom stereocenters. The lowest BCUT2D eigenvalue weighted by Gasteiger charge is -2.22. The summed E-state index contributed by atoms with van der Waals surface area (Å²) in [6.07, 6.45) is -0.193. The van der Waals surface area contributed by atoms with Gasteiger partial charge in [0.15, 0.2) is 0 Å². The standard InChI is InChI=1S/C16H22F2N2O3/c1-9(2)14(16(23)19-8-7-10(3)21)20-15(22)13-11(17)5-4-6-12(13)18/h4-6,9-10,14,21H,7-8H2,1-3H3,(H,19,23)(H,20,22). The lowest BCUT2D eigenvalue weighted by atomic mass is 10.0. The summed E-state index contributed by atoms with van der Waals surface area (Å²) in [6.45, 7) is 5.24. The van der Waals surface area contributed by atoms with Gasteiger partial charge in [0.05, 0.1) is 6.10 Å². The van der Waals surface area contributed by atoms with Crippen molar-refractivity contribution in [1.29, 1.82) is 0 Å². The number of aliphatic hydroxyl groups is 1. The van der Waals surface area contributed by atoms with Crippen molar-refractivity contribution in [2.75, 3.05) is 6.54 Å². The van der Waals surface area contributed by atoms with Gasteiger partial charge >= 0.3 is 0 Å². The monoisotopic (exact) mass is 328 g/mol. The van der Waals surface area contributed by atoms with E-state index in [0.717, 1.165) is 18.2 Å². The van der Waals surface area contributed by atoms with Crippen LogP contribution < -0.4 is 10.6 Å². The van der Waals surface area contributed by atoms with Gasteiger partial charge in [-0.25, -0.2) is 8.78 Å². The molecule has 5 nitrogen and oxygen atoms in total. The fourth-order valence-corrected chi connectivity index (χ4v) is 1.98. The molecule has 0 bridgehead atoms. The first-order valence-corrected chi connectivity index (χ1v) is 7.44. The SMILES string of the molecule is CC(O)CCNC(=O)C(NC(=O)c1c(F)cccc1F)C(C)C. The maximum atomic E-state index is 13.6. The Morgan fingerprint density at radius 2 is 1.74 bits per heavy atom. The Labute approximate surface area is 134 Å². The molecule has 0 saturated carbocycles. The van der Waals surface area contributed by atoms with Crippen LogP contribution >= 0.6 is 0 Å². The summed E-state index contributed by atoms with van der Waals surface area (Å²) in [4.78, 5) is 24.2. The molecule has 128 valence electrons. The van der Waals surface area contributed by atoms with Gasteiger partial charge in [-0.15, -0.1) is 0 Å². The zero-order chi connectivity index (χ0) is 17.6. The molecule has 0 spiro atoms. The summed E-state index contributed by atoms with van der Waals surface area (Å²) in [6, 6.07) is 2.18. The Hall–Kier alpha value is -2.02. The minimum absolute atomic E-state index is 0.240. The van der Waals surface area contributed by atoms with Gasteiger partial charge in [0.1, 0.15) is 23.2 Å². The molecule has 1 aromatic carbocycles. The second-order valence-corrected chi connectivity index (χ2v) is 5.72. The fourth-order valence-electron chi connectivity index (χ4n) is 1.98. The number of carbonyl (C=O) groups is 2. The molecule has 2 unspecified atom stereocenters. The second-order valence-electron chi connectivity index (χ2n) is 5.72. The van der Waals surface area contributed by atoms with Gasteiger partial charge < -0.3 is 15.7 Å². The van der Waals surface area contributed by atoms with Crippen LogP contribution in [0.1, 0.15) is 37.6 Å². The van der Waals surface area contributed by atoms with E-state index in [0.29, 0.717) is 6.42 Å². The number of rotatable bonds is 7. The average molecular weight is 328 g/mol. The van der Waals surface area contributed by atoms with Crippen LogP contribution in [0.3, 0.4) is 0 Å². The van der Waals surface area contributed by atoms with E-state index in [4.69, 9.17) is 5.11 Å². The van der Waals surface area contributed by atoms with E-state index in [1.807, 2.05) is 0 Å². The number of carbonyl (C=O) groups excluding carboxylic acids is 2. The van der Waals surface area contributed by atoms with E-state index < -0.39 is 41.2 Å². The summed E-state index contributed by atoms with van der Waals surface area (Å²) >= 11 is 0. The van der Waals surface area contributed by atoms with Crippen LogP contribution in [0.25, 0.3) is 0 Å². The molecule has 3 N–H and O–H groups in total. The zero-order valence-electron chi connectivity index (χ0n) is 13.4. The van der Waals surface area contributed by atoms with Crippen LogP contribution in [0, 0.1) is 17.6 Å². The van der Waals surface area contributed by atoms with Crippen LogP contribution in [0.4, 0.5) is 8.78 Å². The summed E-state index contributed by atoms with van der Waals surface area (Å²) in [5.41, 5.74) is -0.713. The predicted molar refractivity (Wildman–Crippen MR) is 81.8 cm³/mol. The highest BCUT2D eigenvalue weighted by atomic mass is 19.1. The molecule has 0 fully saturated rings. The Balaban J connectivity index is 2.79. The van der Waals surface area contributed by atoms with E-state index in [1.54, 1.807) is 20.8 Å². The van der Waals surface area contributed by atoms with Crippen molar-refractivity contribution in [3.8, 4) is 0 Å². The summed E-state index contributed by atoms with van der Waals surface area (Å²) in [5.74, 6) is -3.70. The Morgan fingerprint density at radius 3 is 2.22 bits per heavy atom. The van der Waals surface area contributed by atoms with Gasteiger partial charge in [0.25, 0.3) is 5.91 Å². The van der Waals surface area contributed by atoms with Gasteiger partial charge in [0, 0.05) is 6.54 Å². The molecule has 1 rings (SSSR count). The molecule has 0 aliphatic rings. The number of benzene rings is 1. The van der Waals surface area contributed by atoms with Crippen LogP contribution in [0.2, 0.25) is 0 Å². The third kappa shape index (κ3) is 5.59. The number of hydrogen-bond acceptors (Lipinski definition) is 3. The van der Waals surface area contributed by atoms with E-state index in [1.165, 1.54) is 0 Å². The highest BCUT2D eigenvalue weighted by molar-refractivity contribution is 5.98. The van der Waals surface area contributed by atoms with Gasteiger partial charge in [-0.05, 0) is 31.4 Å². The zero-order valence-corrected chi connectivity index (χ0v) is 13.4. The van der Waals surface area contributed by atoms with Crippen molar-refractivity contribution in [2.24, 2.45) is 5.92 Å². The van der Waals surface area contributed by atoms with E-state index in [2.05, 4.69) is 10.6 Å². The van der Waals surface area contributed by atoms with E-state index in [-0.39, 0.29) is 12.5 Å². The van der Waals surface area contributed by atoms with Crippen LogP contribution in [0.15, 0.2) is 18.2 Å². The van der Waals surface area contributed by atoms with Crippen molar-refractivity contribution in [1.82, 2.24) is 10.6 Å². The number of nitrogens with one attached hydrogen (secondary N) is 2. The second kappa shape index (κ2) is 8.57. The molecule has 0 radical (unpaired) electrons. The normalized spacial score (nSPS) is 13.5. The minimum Gasteiger partial charge on any atom is -0.393 e. The molecule has 0 heterocycles. The largest absolute Gasteiger partial charge is 0.393 e. The minimum atomic E-state index is -0.987. The van der Waals surface area contributed by atoms with Crippen molar-refractivity contribution in [3.63, 3.8) is 0 Å². The predicted octanol–water partition coefficient (Wildman–Crippen LogP) is 1.61. The molecular weight excluding hydrogens is 306 g/mol. The molecule has 0 aliphatic carbocycles. The smallest absolute Gasteiger partial charge is 0.257 e. The first-order chi connectivity index (χ1) is 10.7. The molecule has 23 heavy (non-hydrogen) atoms. The summed E-state index contributed by atoms with van der Waals surface area (Å²) in [7, 11) is 0. The first kappa shape index (κ1) is 19.0.